The molecule has 10 aromatic rings. The first-order chi connectivity index (χ1) is 27.5. The maximum Gasteiger partial charge on any atom is 0.227 e. The van der Waals surface area contributed by atoms with Crippen LogP contribution < -0.4 is 4.90 Å². The normalized spacial score (nSPS) is 13.0. The first-order valence-electron chi connectivity index (χ1n) is 19.1. The minimum atomic E-state index is -0.136. The van der Waals surface area contributed by atoms with Gasteiger partial charge in [0.05, 0.1) is 16.9 Å². The second kappa shape index (κ2) is 12.4. The average molecular weight is 721 g/mol. The van der Waals surface area contributed by atoms with Crippen LogP contribution in [0.5, 0.6) is 0 Å². The third-order valence-corrected chi connectivity index (χ3v) is 11.5. The third-order valence-electron chi connectivity index (χ3n) is 11.5. The molecule has 2 aromatic heterocycles. The van der Waals surface area contributed by atoms with Gasteiger partial charge in [-0.1, -0.05) is 147 Å². The van der Waals surface area contributed by atoms with E-state index in [2.05, 4.69) is 158 Å². The Labute approximate surface area is 324 Å². The molecule has 0 saturated carbocycles. The van der Waals surface area contributed by atoms with Crippen molar-refractivity contribution in [2.45, 2.75) is 19.3 Å². The lowest BCUT2D eigenvalue weighted by Crippen LogP contribution is -2.16. The summed E-state index contributed by atoms with van der Waals surface area (Å²) in [6.45, 7) is 4.68. The van der Waals surface area contributed by atoms with Crippen molar-refractivity contribution in [3.63, 3.8) is 0 Å². The van der Waals surface area contributed by atoms with Gasteiger partial charge in [0, 0.05) is 38.6 Å². The van der Waals surface area contributed by atoms with Crippen LogP contribution in [0.25, 0.3) is 77.9 Å². The zero-order chi connectivity index (χ0) is 37.4. The van der Waals surface area contributed by atoms with Crippen molar-refractivity contribution < 1.29 is 8.83 Å². The van der Waals surface area contributed by atoms with Crippen molar-refractivity contribution >= 4 is 50.1 Å². The van der Waals surface area contributed by atoms with E-state index in [1.165, 1.54) is 22.3 Å². The molecule has 0 N–H and O–H groups in total. The second-order valence-corrected chi connectivity index (χ2v) is 15.1. The molecule has 1 aliphatic rings. The fourth-order valence-electron chi connectivity index (χ4n) is 8.85. The van der Waals surface area contributed by atoms with E-state index >= 15 is 0 Å². The standard InChI is InChI=1S/C52H36N2O2/c1-52(2)41-23-12-9-22-39(41)48-42(52)24-15-26-45(48)54(44-25-13-10-20-37(44)33-16-5-3-6-17-33)36-30-28-34(29-31-36)47-49-40(38-21-11-14-27-46(38)55-49)32-43-50(47)56-51(53-43)35-18-7-4-8-19-35/h3-32H,1-2H3. The van der Waals surface area contributed by atoms with Crippen LogP contribution in [-0.4, -0.2) is 4.98 Å². The van der Waals surface area contributed by atoms with Gasteiger partial charge in [0.1, 0.15) is 16.7 Å². The lowest BCUT2D eigenvalue weighted by atomic mass is 9.82. The lowest BCUT2D eigenvalue weighted by Gasteiger charge is -2.30. The van der Waals surface area contributed by atoms with Crippen molar-refractivity contribution in [2.75, 3.05) is 4.90 Å². The number of hydrogen-bond donors (Lipinski definition) is 0. The molecule has 0 aliphatic heterocycles. The van der Waals surface area contributed by atoms with E-state index in [0.717, 1.165) is 72.3 Å². The van der Waals surface area contributed by atoms with Gasteiger partial charge in [0.25, 0.3) is 0 Å². The number of oxazole rings is 1. The molecule has 0 amide bonds. The molecule has 2 heterocycles. The first-order valence-corrected chi connectivity index (χ1v) is 19.1. The molecular weight excluding hydrogens is 685 g/mol. The fourth-order valence-corrected chi connectivity index (χ4v) is 8.85. The van der Waals surface area contributed by atoms with Crippen molar-refractivity contribution in [1.82, 2.24) is 4.98 Å². The van der Waals surface area contributed by atoms with Crippen LogP contribution >= 0.6 is 0 Å². The molecule has 4 nitrogen and oxygen atoms in total. The molecule has 0 fully saturated rings. The molecule has 0 saturated heterocycles. The van der Waals surface area contributed by atoms with Gasteiger partial charge >= 0.3 is 0 Å². The number of para-hydroxylation sites is 2. The highest BCUT2D eigenvalue weighted by molar-refractivity contribution is 6.16. The molecule has 266 valence electrons. The molecular formula is C52H36N2O2. The van der Waals surface area contributed by atoms with Gasteiger partial charge in [0.2, 0.25) is 5.89 Å². The fraction of sp³-hybridized carbons (Fsp3) is 0.0577. The van der Waals surface area contributed by atoms with Crippen molar-refractivity contribution in [3.05, 3.63) is 193 Å². The number of benzene rings is 8. The van der Waals surface area contributed by atoms with E-state index in [9.17, 15) is 0 Å². The summed E-state index contributed by atoms with van der Waals surface area (Å²) in [6.07, 6.45) is 0. The van der Waals surface area contributed by atoms with Crippen LogP contribution in [0.1, 0.15) is 25.0 Å². The first kappa shape index (κ1) is 32.3. The highest BCUT2D eigenvalue weighted by Crippen LogP contribution is 2.55. The number of furan rings is 1. The number of nitrogens with zero attached hydrogens (tertiary/aromatic N) is 2. The zero-order valence-electron chi connectivity index (χ0n) is 31.0. The molecule has 4 heteroatoms. The highest BCUT2D eigenvalue weighted by Gasteiger charge is 2.38. The molecule has 0 bridgehead atoms. The largest absolute Gasteiger partial charge is 0.455 e. The molecule has 0 radical (unpaired) electrons. The van der Waals surface area contributed by atoms with Crippen LogP contribution in [0.3, 0.4) is 0 Å². The lowest BCUT2D eigenvalue weighted by molar-refractivity contribution is 0.619. The Morgan fingerprint density at radius 2 is 1.11 bits per heavy atom. The van der Waals surface area contributed by atoms with Crippen LogP contribution in [0.4, 0.5) is 17.1 Å². The topological polar surface area (TPSA) is 42.4 Å². The quantitative estimate of drug-likeness (QED) is 0.171. The molecule has 11 rings (SSSR count). The number of anilines is 3. The summed E-state index contributed by atoms with van der Waals surface area (Å²) in [5.74, 6) is 0.584. The van der Waals surface area contributed by atoms with Crippen LogP contribution in [0.2, 0.25) is 0 Å². The van der Waals surface area contributed by atoms with Gasteiger partial charge in [-0.25, -0.2) is 4.98 Å². The van der Waals surface area contributed by atoms with Crippen LogP contribution in [0, 0.1) is 0 Å². The summed E-state index contributed by atoms with van der Waals surface area (Å²) < 4.78 is 13.3. The number of fused-ring (bicyclic) bond motifs is 7. The summed E-state index contributed by atoms with van der Waals surface area (Å²) in [7, 11) is 0. The molecule has 0 atom stereocenters. The predicted molar refractivity (Wildman–Crippen MR) is 230 cm³/mol. The smallest absolute Gasteiger partial charge is 0.227 e. The molecule has 1 aliphatic carbocycles. The minimum absolute atomic E-state index is 0.136. The van der Waals surface area contributed by atoms with E-state index in [4.69, 9.17) is 13.8 Å². The van der Waals surface area contributed by atoms with Gasteiger partial charge in [-0.2, -0.15) is 0 Å². The Hall–Kier alpha value is -7.17. The van der Waals surface area contributed by atoms with Gasteiger partial charge in [0.15, 0.2) is 5.58 Å². The summed E-state index contributed by atoms with van der Waals surface area (Å²) >= 11 is 0. The number of aromatic nitrogens is 1. The van der Waals surface area contributed by atoms with Crippen molar-refractivity contribution in [3.8, 4) is 44.8 Å². The van der Waals surface area contributed by atoms with Gasteiger partial charge in [-0.3, -0.25) is 0 Å². The Morgan fingerprint density at radius 3 is 1.91 bits per heavy atom. The Bertz CT molecular complexity index is 3100. The van der Waals surface area contributed by atoms with Gasteiger partial charge < -0.3 is 13.7 Å². The van der Waals surface area contributed by atoms with E-state index < -0.39 is 0 Å². The number of rotatable bonds is 6. The number of hydrogen-bond acceptors (Lipinski definition) is 4. The third kappa shape index (κ3) is 4.89. The van der Waals surface area contributed by atoms with Crippen molar-refractivity contribution in [2.24, 2.45) is 0 Å². The van der Waals surface area contributed by atoms with E-state index in [1.807, 2.05) is 42.5 Å². The maximum absolute atomic E-state index is 6.65. The molecule has 0 spiro atoms. The van der Waals surface area contributed by atoms with E-state index in [0.29, 0.717) is 11.5 Å². The summed E-state index contributed by atoms with van der Waals surface area (Å²) in [6, 6.07) is 64.2. The van der Waals surface area contributed by atoms with Crippen LogP contribution in [-0.2, 0) is 5.41 Å². The highest BCUT2D eigenvalue weighted by atomic mass is 16.4. The van der Waals surface area contributed by atoms with Crippen LogP contribution in [0.15, 0.2) is 191 Å². The Morgan fingerprint density at radius 1 is 0.464 bits per heavy atom. The zero-order valence-corrected chi connectivity index (χ0v) is 31.0. The molecule has 56 heavy (non-hydrogen) atoms. The minimum Gasteiger partial charge on any atom is -0.455 e. The van der Waals surface area contributed by atoms with E-state index in [1.54, 1.807) is 0 Å². The second-order valence-electron chi connectivity index (χ2n) is 15.1. The molecule has 0 unspecified atom stereocenters. The van der Waals surface area contributed by atoms with Crippen molar-refractivity contribution in [1.29, 1.82) is 0 Å². The monoisotopic (exact) mass is 720 g/mol. The Balaban J connectivity index is 1.14. The molecule has 8 aromatic carbocycles. The predicted octanol–water partition coefficient (Wildman–Crippen LogP) is 14.5. The SMILES string of the molecule is CC1(C)c2ccccc2-c2c(N(c3ccc(-c4c5oc(-c6ccccc6)nc5cc5c4oc4ccccc45)cc3)c3ccccc3-c3ccccc3)cccc21. The maximum atomic E-state index is 6.65. The Kier molecular flexibility index (Phi) is 7.17. The average Bonchev–Trinajstić information content (AvgIpc) is 3.92. The summed E-state index contributed by atoms with van der Waals surface area (Å²) in [5, 5.41) is 2.07. The van der Waals surface area contributed by atoms with E-state index in [-0.39, 0.29) is 5.41 Å². The summed E-state index contributed by atoms with van der Waals surface area (Å²) in [4.78, 5) is 7.45. The summed E-state index contributed by atoms with van der Waals surface area (Å²) in [5.41, 5.74) is 16.6. The van der Waals surface area contributed by atoms with Gasteiger partial charge in [-0.15, -0.1) is 0 Å². The van der Waals surface area contributed by atoms with Gasteiger partial charge in [-0.05, 0) is 76.3 Å².